The molecule has 0 radical (unpaired) electrons. The Hall–Kier alpha value is -2.72. The Kier molecular flexibility index (Phi) is 5.26. The number of alkyl halides is 3. The highest BCUT2D eigenvalue weighted by Crippen LogP contribution is 2.30. The van der Waals surface area contributed by atoms with Gasteiger partial charge in [0.2, 0.25) is 0 Å². The Morgan fingerprint density at radius 3 is 2.11 bits per heavy atom. The van der Waals surface area contributed by atoms with Gasteiger partial charge in [-0.2, -0.15) is 26.7 Å². The molecule has 0 atom stereocenters. The number of ether oxygens (including phenoxy) is 1. The van der Waals surface area contributed by atoms with Crippen molar-refractivity contribution < 1.29 is 30.5 Å². The van der Waals surface area contributed by atoms with Gasteiger partial charge < -0.3 is 8.92 Å². The maximum absolute atomic E-state index is 12.4. The molecule has 1 aromatic heterocycles. The maximum Gasteiger partial charge on any atom is 0.534 e. The molecule has 3 aromatic rings. The van der Waals surface area contributed by atoms with Crippen molar-refractivity contribution in [1.82, 2.24) is 9.78 Å². The molecular weight excluding hydrogens is 421 g/mol. The van der Waals surface area contributed by atoms with E-state index in [2.05, 4.69) is 9.28 Å². The monoisotopic (exact) mass is 432 g/mol. The summed E-state index contributed by atoms with van der Waals surface area (Å²) in [5.74, 6) is 0.179. The molecular formula is C17H12ClF3N2O4S. The molecule has 0 aliphatic rings. The fourth-order valence-corrected chi connectivity index (χ4v) is 2.97. The summed E-state index contributed by atoms with van der Waals surface area (Å²) in [7, 11) is -4.20. The van der Waals surface area contributed by atoms with E-state index in [1.165, 1.54) is 23.9 Å². The van der Waals surface area contributed by atoms with Gasteiger partial charge in [0.05, 0.1) is 18.5 Å². The molecule has 3 rings (SSSR count). The summed E-state index contributed by atoms with van der Waals surface area (Å²) < 4.78 is 70.1. The number of benzene rings is 2. The number of halogens is 4. The van der Waals surface area contributed by atoms with E-state index in [9.17, 15) is 21.6 Å². The molecule has 1 heterocycles. The smallest absolute Gasteiger partial charge is 0.497 e. The highest BCUT2D eigenvalue weighted by Gasteiger charge is 2.48. The molecule has 0 amide bonds. The molecule has 6 nitrogen and oxygen atoms in total. The standard InChI is InChI=1S/C17H12ClF3N2O4S/c1-26-13-8-4-12(5-9-13)23-15(10-16(18)22-23)11-2-6-14(7-3-11)27-28(24,25)17(19,20)21/h2-10H,1H3. The lowest BCUT2D eigenvalue weighted by molar-refractivity contribution is -0.0500. The molecule has 0 saturated carbocycles. The van der Waals surface area contributed by atoms with Crippen molar-refractivity contribution in [3.05, 3.63) is 59.8 Å². The number of nitrogens with zero attached hydrogens (tertiary/aromatic N) is 2. The van der Waals surface area contributed by atoms with Crippen LogP contribution in [0.25, 0.3) is 16.9 Å². The lowest BCUT2D eigenvalue weighted by Gasteiger charge is -2.11. The van der Waals surface area contributed by atoms with Crippen molar-refractivity contribution >= 4 is 21.7 Å². The van der Waals surface area contributed by atoms with Gasteiger partial charge in [0, 0.05) is 11.6 Å². The van der Waals surface area contributed by atoms with E-state index >= 15 is 0 Å². The second kappa shape index (κ2) is 7.36. The number of hydrogen-bond acceptors (Lipinski definition) is 5. The van der Waals surface area contributed by atoms with E-state index in [0.29, 0.717) is 22.7 Å². The largest absolute Gasteiger partial charge is 0.534 e. The Labute approximate surface area is 163 Å². The summed E-state index contributed by atoms with van der Waals surface area (Å²) in [5.41, 5.74) is -3.76. The second-order valence-corrected chi connectivity index (χ2v) is 7.39. The highest BCUT2D eigenvalue weighted by atomic mass is 35.5. The number of aromatic nitrogens is 2. The minimum Gasteiger partial charge on any atom is -0.497 e. The number of rotatable bonds is 5. The van der Waals surface area contributed by atoms with E-state index in [1.54, 1.807) is 30.3 Å². The summed E-state index contributed by atoms with van der Waals surface area (Å²) in [6, 6.07) is 13.5. The van der Waals surface area contributed by atoms with Crippen LogP contribution in [0.2, 0.25) is 5.15 Å². The zero-order valence-corrected chi connectivity index (χ0v) is 15.7. The van der Waals surface area contributed by atoms with Crippen LogP contribution in [0.4, 0.5) is 13.2 Å². The van der Waals surface area contributed by atoms with E-state index in [-0.39, 0.29) is 5.15 Å². The molecule has 0 bridgehead atoms. The SMILES string of the molecule is COc1ccc(-n2nc(Cl)cc2-c2ccc(OS(=O)(=O)C(F)(F)F)cc2)cc1. The summed E-state index contributed by atoms with van der Waals surface area (Å²) in [6.45, 7) is 0. The second-order valence-electron chi connectivity index (χ2n) is 5.47. The Bertz CT molecular complexity index is 1080. The summed E-state index contributed by atoms with van der Waals surface area (Å²) >= 11 is 6.01. The Morgan fingerprint density at radius 1 is 1.00 bits per heavy atom. The van der Waals surface area contributed by atoms with E-state index in [0.717, 1.165) is 12.1 Å². The van der Waals surface area contributed by atoms with Crippen molar-refractivity contribution in [2.75, 3.05) is 7.11 Å². The first-order valence-electron chi connectivity index (χ1n) is 7.62. The van der Waals surface area contributed by atoms with Crippen molar-refractivity contribution in [2.45, 2.75) is 5.51 Å². The molecule has 28 heavy (non-hydrogen) atoms. The van der Waals surface area contributed by atoms with Gasteiger partial charge in [0.15, 0.2) is 5.15 Å². The first kappa shape index (κ1) is 20.0. The minimum atomic E-state index is -5.73. The molecule has 0 fully saturated rings. The van der Waals surface area contributed by atoms with Crippen molar-refractivity contribution in [1.29, 1.82) is 0 Å². The maximum atomic E-state index is 12.4. The third-order valence-electron chi connectivity index (χ3n) is 3.64. The van der Waals surface area contributed by atoms with Crippen LogP contribution in [0.15, 0.2) is 54.6 Å². The lowest BCUT2D eigenvalue weighted by Crippen LogP contribution is -2.28. The fraction of sp³-hybridized carbons (Fsp3) is 0.118. The molecule has 2 aromatic carbocycles. The summed E-state index contributed by atoms with van der Waals surface area (Å²) in [6.07, 6.45) is 0. The molecule has 0 N–H and O–H groups in total. The van der Waals surface area contributed by atoms with Crippen LogP contribution < -0.4 is 8.92 Å². The molecule has 0 aliphatic heterocycles. The zero-order valence-electron chi connectivity index (χ0n) is 14.1. The Morgan fingerprint density at radius 2 is 1.57 bits per heavy atom. The van der Waals surface area contributed by atoms with Gasteiger partial charge in [-0.3, -0.25) is 0 Å². The first-order valence-corrected chi connectivity index (χ1v) is 9.40. The highest BCUT2D eigenvalue weighted by molar-refractivity contribution is 7.88. The topological polar surface area (TPSA) is 70.4 Å². The molecule has 0 spiro atoms. The molecule has 0 saturated heterocycles. The van der Waals surface area contributed by atoms with Crippen LogP contribution in [0.5, 0.6) is 11.5 Å². The Balaban J connectivity index is 1.92. The predicted octanol–water partition coefficient (Wildman–Crippen LogP) is 4.43. The minimum absolute atomic E-state index is 0.200. The number of methoxy groups -OCH3 is 1. The van der Waals surface area contributed by atoms with Crippen LogP contribution in [0.3, 0.4) is 0 Å². The molecule has 0 unspecified atom stereocenters. The number of hydrogen-bond donors (Lipinski definition) is 0. The van der Waals surface area contributed by atoms with Gasteiger partial charge in [-0.25, -0.2) is 4.68 Å². The van der Waals surface area contributed by atoms with Gasteiger partial charge in [0.25, 0.3) is 0 Å². The van der Waals surface area contributed by atoms with Gasteiger partial charge in [-0.15, -0.1) is 0 Å². The summed E-state index contributed by atoms with van der Waals surface area (Å²) in [5, 5.41) is 4.39. The average molecular weight is 433 g/mol. The zero-order chi connectivity index (χ0) is 20.5. The molecule has 0 aliphatic carbocycles. The summed E-state index contributed by atoms with van der Waals surface area (Å²) in [4.78, 5) is 0. The van der Waals surface area contributed by atoms with Gasteiger partial charge in [0.1, 0.15) is 11.5 Å². The van der Waals surface area contributed by atoms with E-state index in [1.807, 2.05) is 0 Å². The molecule has 148 valence electrons. The molecule has 11 heteroatoms. The van der Waals surface area contributed by atoms with Crippen LogP contribution in [-0.4, -0.2) is 30.8 Å². The van der Waals surface area contributed by atoms with E-state index < -0.39 is 21.4 Å². The van der Waals surface area contributed by atoms with Gasteiger partial charge >= 0.3 is 15.6 Å². The van der Waals surface area contributed by atoms with Crippen LogP contribution in [0, 0.1) is 0 Å². The third kappa shape index (κ3) is 4.07. The quantitative estimate of drug-likeness (QED) is 0.440. The van der Waals surface area contributed by atoms with Gasteiger partial charge in [-0.1, -0.05) is 11.6 Å². The van der Waals surface area contributed by atoms with Crippen LogP contribution in [0.1, 0.15) is 0 Å². The lowest BCUT2D eigenvalue weighted by atomic mass is 10.1. The average Bonchev–Trinajstić information content (AvgIpc) is 3.03. The normalized spacial score (nSPS) is 12.0. The van der Waals surface area contributed by atoms with Gasteiger partial charge in [-0.05, 0) is 48.5 Å². The van der Waals surface area contributed by atoms with Crippen molar-refractivity contribution in [3.8, 4) is 28.4 Å². The van der Waals surface area contributed by atoms with Crippen molar-refractivity contribution in [2.24, 2.45) is 0 Å². The predicted molar refractivity (Wildman–Crippen MR) is 96.2 cm³/mol. The van der Waals surface area contributed by atoms with Crippen molar-refractivity contribution in [3.63, 3.8) is 0 Å². The van der Waals surface area contributed by atoms with E-state index in [4.69, 9.17) is 16.3 Å². The fourth-order valence-electron chi connectivity index (χ4n) is 2.33. The van der Waals surface area contributed by atoms with Crippen LogP contribution >= 0.6 is 11.6 Å². The first-order chi connectivity index (χ1) is 13.1. The van der Waals surface area contributed by atoms with Crippen LogP contribution in [-0.2, 0) is 10.1 Å². The third-order valence-corrected chi connectivity index (χ3v) is 4.80.